The van der Waals surface area contributed by atoms with Gasteiger partial charge < -0.3 is 20.3 Å². The molecular weight excluding hydrogens is 322 g/mol. The lowest BCUT2D eigenvalue weighted by Crippen LogP contribution is -2.12. The number of ether oxygens (including phenoxy) is 1. The second-order valence-electron chi connectivity index (χ2n) is 5.61. The zero-order valence-electron chi connectivity index (χ0n) is 14.2. The van der Waals surface area contributed by atoms with Crippen LogP contribution >= 0.6 is 0 Å². The molecule has 0 unspecified atom stereocenters. The highest BCUT2D eigenvalue weighted by Crippen LogP contribution is 2.27. The molecule has 0 aromatic heterocycles. The SMILES string of the molecule is CCOC(=O)c1ccc(NC(=O)CCc2cc(O)c(C)cc2O)cc1. The third-order valence-corrected chi connectivity index (χ3v) is 3.70. The second kappa shape index (κ2) is 8.19. The van der Waals surface area contributed by atoms with E-state index in [4.69, 9.17) is 4.74 Å². The van der Waals surface area contributed by atoms with Gasteiger partial charge in [-0.05, 0) is 67.8 Å². The number of carbonyl (C=O) groups excluding carboxylic acids is 2. The fraction of sp³-hybridized carbons (Fsp3) is 0.263. The summed E-state index contributed by atoms with van der Waals surface area (Å²) in [6.45, 7) is 3.72. The van der Waals surface area contributed by atoms with Crippen molar-refractivity contribution in [2.45, 2.75) is 26.7 Å². The van der Waals surface area contributed by atoms with E-state index in [0.717, 1.165) is 0 Å². The molecule has 0 bridgehead atoms. The number of phenolic OH excluding ortho intramolecular Hbond substituents is 2. The van der Waals surface area contributed by atoms with Crippen LogP contribution in [0.2, 0.25) is 0 Å². The molecule has 25 heavy (non-hydrogen) atoms. The molecule has 2 rings (SSSR count). The Hall–Kier alpha value is -3.02. The molecule has 2 aromatic carbocycles. The first kappa shape index (κ1) is 18.3. The minimum absolute atomic E-state index is 0.0573. The van der Waals surface area contributed by atoms with Gasteiger partial charge in [0, 0.05) is 12.1 Å². The van der Waals surface area contributed by atoms with Gasteiger partial charge in [-0.3, -0.25) is 4.79 Å². The summed E-state index contributed by atoms with van der Waals surface area (Å²) < 4.78 is 4.90. The van der Waals surface area contributed by atoms with Crippen LogP contribution in [0.3, 0.4) is 0 Å². The number of rotatable bonds is 6. The molecule has 6 nitrogen and oxygen atoms in total. The van der Waals surface area contributed by atoms with Gasteiger partial charge in [-0.25, -0.2) is 4.79 Å². The fourth-order valence-corrected chi connectivity index (χ4v) is 2.30. The van der Waals surface area contributed by atoms with Gasteiger partial charge >= 0.3 is 5.97 Å². The molecule has 0 saturated heterocycles. The molecule has 0 saturated carbocycles. The van der Waals surface area contributed by atoms with Gasteiger partial charge in [0.1, 0.15) is 11.5 Å². The van der Waals surface area contributed by atoms with Crippen molar-refractivity contribution < 1.29 is 24.5 Å². The van der Waals surface area contributed by atoms with Crippen LogP contribution in [-0.2, 0) is 16.0 Å². The van der Waals surface area contributed by atoms with Crippen molar-refractivity contribution in [3.05, 3.63) is 53.1 Å². The van der Waals surface area contributed by atoms with Gasteiger partial charge in [0.15, 0.2) is 0 Å². The summed E-state index contributed by atoms with van der Waals surface area (Å²) in [6, 6.07) is 9.34. The van der Waals surface area contributed by atoms with Crippen molar-refractivity contribution in [3.63, 3.8) is 0 Å². The van der Waals surface area contributed by atoms with E-state index in [-0.39, 0.29) is 23.8 Å². The lowest BCUT2D eigenvalue weighted by atomic mass is 10.0. The first-order valence-electron chi connectivity index (χ1n) is 7.99. The maximum atomic E-state index is 12.0. The molecule has 0 atom stereocenters. The largest absolute Gasteiger partial charge is 0.508 e. The number of aromatic hydroxyl groups is 2. The van der Waals surface area contributed by atoms with E-state index < -0.39 is 5.97 Å². The monoisotopic (exact) mass is 343 g/mol. The highest BCUT2D eigenvalue weighted by molar-refractivity contribution is 5.93. The van der Waals surface area contributed by atoms with Crippen molar-refractivity contribution in [1.29, 1.82) is 0 Å². The normalized spacial score (nSPS) is 10.3. The second-order valence-corrected chi connectivity index (χ2v) is 5.61. The molecule has 132 valence electrons. The number of amides is 1. The molecule has 0 aliphatic rings. The summed E-state index contributed by atoms with van der Waals surface area (Å²) in [5.41, 5.74) is 2.07. The van der Waals surface area contributed by atoms with Crippen molar-refractivity contribution in [2.75, 3.05) is 11.9 Å². The minimum Gasteiger partial charge on any atom is -0.508 e. The molecule has 0 aliphatic heterocycles. The molecule has 0 radical (unpaired) electrons. The highest BCUT2D eigenvalue weighted by atomic mass is 16.5. The molecule has 0 spiro atoms. The first-order chi connectivity index (χ1) is 11.9. The number of anilines is 1. The van der Waals surface area contributed by atoms with Gasteiger partial charge in [0.2, 0.25) is 5.91 Å². The van der Waals surface area contributed by atoms with Crippen LogP contribution in [0.1, 0.15) is 34.8 Å². The summed E-state index contributed by atoms with van der Waals surface area (Å²) >= 11 is 0. The average Bonchev–Trinajstić information content (AvgIpc) is 2.58. The van der Waals surface area contributed by atoms with Crippen LogP contribution in [0.25, 0.3) is 0 Å². The number of phenols is 2. The molecule has 2 aromatic rings. The van der Waals surface area contributed by atoms with Crippen LogP contribution in [0.5, 0.6) is 11.5 Å². The number of aryl methyl sites for hydroxylation is 2. The summed E-state index contributed by atoms with van der Waals surface area (Å²) in [5, 5.41) is 22.3. The van der Waals surface area contributed by atoms with E-state index in [1.54, 1.807) is 38.1 Å². The van der Waals surface area contributed by atoms with E-state index in [1.165, 1.54) is 12.1 Å². The summed E-state index contributed by atoms with van der Waals surface area (Å²) in [6.07, 6.45) is 0.447. The zero-order valence-corrected chi connectivity index (χ0v) is 14.2. The maximum absolute atomic E-state index is 12.0. The van der Waals surface area contributed by atoms with E-state index in [9.17, 15) is 19.8 Å². The van der Waals surface area contributed by atoms with Gasteiger partial charge in [-0.2, -0.15) is 0 Å². The van der Waals surface area contributed by atoms with E-state index in [0.29, 0.717) is 35.4 Å². The van der Waals surface area contributed by atoms with Crippen molar-refractivity contribution in [1.82, 2.24) is 0 Å². The standard InChI is InChI=1S/C19H21NO5/c1-3-25-19(24)13-4-7-15(8-5-13)20-18(23)9-6-14-11-16(21)12(2)10-17(14)22/h4-5,7-8,10-11,21-22H,3,6,9H2,1-2H3,(H,20,23). The minimum atomic E-state index is -0.407. The number of hydrogen-bond donors (Lipinski definition) is 3. The van der Waals surface area contributed by atoms with Crippen LogP contribution in [0.4, 0.5) is 5.69 Å². The summed E-state index contributed by atoms with van der Waals surface area (Å²) in [7, 11) is 0. The summed E-state index contributed by atoms with van der Waals surface area (Å²) in [4.78, 5) is 23.6. The van der Waals surface area contributed by atoms with E-state index in [2.05, 4.69) is 5.32 Å². The molecule has 6 heteroatoms. The van der Waals surface area contributed by atoms with Crippen LogP contribution in [0, 0.1) is 6.92 Å². The summed E-state index contributed by atoms with van der Waals surface area (Å²) in [5.74, 6) is -0.497. The van der Waals surface area contributed by atoms with Crippen molar-refractivity contribution in [3.8, 4) is 11.5 Å². The predicted molar refractivity (Wildman–Crippen MR) is 93.9 cm³/mol. The Balaban J connectivity index is 1.92. The lowest BCUT2D eigenvalue weighted by Gasteiger charge is -2.09. The Bertz CT molecular complexity index is 768. The van der Waals surface area contributed by atoms with Gasteiger partial charge in [0.05, 0.1) is 12.2 Å². The van der Waals surface area contributed by atoms with Crippen LogP contribution in [-0.4, -0.2) is 28.7 Å². The Morgan fingerprint density at radius 3 is 2.40 bits per heavy atom. The highest BCUT2D eigenvalue weighted by Gasteiger charge is 2.10. The van der Waals surface area contributed by atoms with Crippen molar-refractivity contribution >= 4 is 17.6 Å². The molecule has 1 amide bonds. The Morgan fingerprint density at radius 1 is 1.08 bits per heavy atom. The third kappa shape index (κ3) is 4.97. The molecule has 0 fully saturated rings. The van der Waals surface area contributed by atoms with E-state index >= 15 is 0 Å². The van der Waals surface area contributed by atoms with Crippen molar-refractivity contribution in [2.24, 2.45) is 0 Å². The Kier molecular flexibility index (Phi) is 6.00. The average molecular weight is 343 g/mol. The predicted octanol–water partition coefficient (Wildman–Crippen LogP) is 3.15. The lowest BCUT2D eigenvalue weighted by molar-refractivity contribution is -0.116. The van der Waals surface area contributed by atoms with E-state index in [1.807, 2.05) is 0 Å². The topological polar surface area (TPSA) is 95.9 Å². The number of carbonyl (C=O) groups is 2. The fourth-order valence-electron chi connectivity index (χ4n) is 2.30. The molecule has 3 N–H and O–H groups in total. The van der Waals surface area contributed by atoms with Gasteiger partial charge in [-0.15, -0.1) is 0 Å². The number of hydrogen-bond acceptors (Lipinski definition) is 5. The number of esters is 1. The Labute approximate surface area is 146 Å². The van der Waals surface area contributed by atoms with Gasteiger partial charge in [-0.1, -0.05) is 0 Å². The molecular formula is C19H21NO5. The zero-order chi connectivity index (χ0) is 18.4. The maximum Gasteiger partial charge on any atom is 0.338 e. The Morgan fingerprint density at radius 2 is 1.76 bits per heavy atom. The smallest absolute Gasteiger partial charge is 0.338 e. The first-order valence-corrected chi connectivity index (χ1v) is 7.99. The van der Waals surface area contributed by atoms with Crippen LogP contribution < -0.4 is 5.32 Å². The third-order valence-electron chi connectivity index (χ3n) is 3.70. The number of nitrogens with one attached hydrogen (secondary N) is 1. The number of benzene rings is 2. The van der Waals surface area contributed by atoms with Gasteiger partial charge in [0.25, 0.3) is 0 Å². The molecule has 0 heterocycles. The van der Waals surface area contributed by atoms with Crippen LogP contribution in [0.15, 0.2) is 36.4 Å². The quantitative estimate of drug-likeness (QED) is 0.553. The molecule has 0 aliphatic carbocycles.